The maximum atomic E-state index is 12.2. The molecule has 30 heavy (non-hydrogen) atoms. The zero-order chi connectivity index (χ0) is 21.9. The third-order valence-corrected chi connectivity index (χ3v) is 5.77. The minimum absolute atomic E-state index is 0.266. The summed E-state index contributed by atoms with van der Waals surface area (Å²) in [5.74, 6) is -0.167. The molecule has 9 nitrogen and oxygen atoms in total. The summed E-state index contributed by atoms with van der Waals surface area (Å²) >= 11 is 6.27. The number of unbranched alkanes of at least 4 members (excludes halogenated alkanes) is 1. The Labute approximate surface area is 179 Å². The Morgan fingerprint density at radius 1 is 1.27 bits per heavy atom. The molecular formula is C19H23ClN6O3S. The Morgan fingerprint density at radius 3 is 2.73 bits per heavy atom. The molecule has 0 atom stereocenters. The van der Waals surface area contributed by atoms with Crippen molar-refractivity contribution in [3.05, 3.63) is 46.8 Å². The predicted molar refractivity (Wildman–Crippen MR) is 117 cm³/mol. The second-order valence-corrected chi connectivity index (χ2v) is 8.57. The maximum Gasteiger partial charge on any atom is 0.301 e. The Bertz CT molecular complexity index is 1210. The molecule has 0 spiro atoms. The molecular weight excluding hydrogens is 428 g/mol. The summed E-state index contributed by atoms with van der Waals surface area (Å²) in [5.41, 5.74) is 2.05. The van der Waals surface area contributed by atoms with Crippen molar-refractivity contribution in [1.82, 2.24) is 29.0 Å². The van der Waals surface area contributed by atoms with Crippen LogP contribution in [-0.4, -0.2) is 40.4 Å². The van der Waals surface area contributed by atoms with E-state index in [-0.39, 0.29) is 6.54 Å². The summed E-state index contributed by atoms with van der Waals surface area (Å²) < 4.78 is 31.4. The number of benzene rings is 1. The van der Waals surface area contributed by atoms with E-state index in [1.54, 1.807) is 23.3 Å². The van der Waals surface area contributed by atoms with Crippen LogP contribution in [0.1, 0.15) is 31.0 Å². The number of hydrogen-bond acceptors (Lipinski definition) is 5. The molecule has 0 unspecified atom stereocenters. The molecule has 2 aromatic heterocycles. The van der Waals surface area contributed by atoms with Gasteiger partial charge in [-0.3, -0.25) is 9.48 Å². The van der Waals surface area contributed by atoms with Crippen LogP contribution in [0.4, 0.5) is 0 Å². The molecule has 0 saturated heterocycles. The number of para-hydroxylation sites is 1. The number of carbonyl (C=O) groups excluding carboxylic acids is 1. The highest BCUT2D eigenvalue weighted by atomic mass is 35.5. The lowest BCUT2D eigenvalue weighted by Crippen LogP contribution is -2.39. The van der Waals surface area contributed by atoms with E-state index >= 15 is 0 Å². The first-order valence-corrected chi connectivity index (χ1v) is 11.3. The van der Waals surface area contributed by atoms with E-state index in [0.717, 1.165) is 23.4 Å². The van der Waals surface area contributed by atoms with Gasteiger partial charge in [0.2, 0.25) is 0 Å². The van der Waals surface area contributed by atoms with Gasteiger partial charge in [-0.2, -0.15) is 23.3 Å². The first kappa shape index (κ1) is 22.0. The van der Waals surface area contributed by atoms with Crippen LogP contribution in [-0.2, 0) is 22.1 Å². The number of rotatable bonds is 8. The fraction of sp³-hybridized carbons (Fsp3) is 0.316. The van der Waals surface area contributed by atoms with Gasteiger partial charge in [-0.25, -0.2) is 9.40 Å². The summed E-state index contributed by atoms with van der Waals surface area (Å²) in [5, 5.41) is 9.94. The Balaban J connectivity index is 1.90. The lowest BCUT2D eigenvalue weighted by molar-refractivity contribution is -0.114. The number of carbonyl (C=O) groups is 1. The molecule has 0 aliphatic rings. The summed E-state index contributed by atoms with van der Waals surface area (Å²) in [7, 11) is -2.15. The average Bonchev–Trinajstić information content (AvgIpc) is 3.15. The molecule has 3 aromatic rings. The fourth-order valence-corrected chi connectivity index (χ4v) is 4.10. The zero-order valence-corrected chi connectivity index (χ0v) is 18.5. The van der Waals surface area contributed by atoms with Crippen molar-refractivity contribution in [1.29, 1.82) is 0 Å². The van der Waals surface area contributed by atoms with Crippen LogP contribution in [0.3, 0.4) is 0 Å². The number of fused-ring (bicyclic) bond motifs is 1. The van der Waals surface area contributed by atoms with Crippen molar-refractivity contribution in [2.24, 2.45) is 7.05 Å². The fourth-order valence-electron chi connectivity index (χ4n) is 3.04. The van der Waals surface area contributed by atoms with Crippen LogP contribution in [0.25, 0.3) is 22.8 Å². The van der Waals surface area contributed by atoms with Crippen LogP contribution < -0.4 is 9.44 Å². The zero-order valence-electron chi connectivity index (χ0n) is 16.9. The van der Waals surface area contributed by atoms with Gasteiger partial charge < -0.3 is 0 Å². The molecule has 0 aliphatic heterocycles. The van der Waals surface area contributed by atoms with Gasteiger partial charge in [-0.1, -0.05) is 37.1 Å². The smallest absolute Gasteiger partial charge is 0.269 e. The highest BCUT2D eigenvalue weighted by molar-refractivity contribution is 7.88. The van der Waals surface area contributed by atoms with Gasteiger partial charge in [0.1, 0.15) is 0 Å². The number of nitrogens with one attached hydrogen (secondary N) is 2. The molecule has 2 heterocycles. The van der Waals surface area contributed by atoms with E-state index in [4.69, 9.17) is 11.6 Å². The molecule has 2 N–H and O–H groups in total. The van der Waals surface area contributed by atoms with E-state index in [1.807, 2.05) is 35.9 Å². The molecule has 0 radical (unpaired) electrons. The first-order chi connectivity index (χ1) is 14.2. The summed E-state index contributed by atoms with van der Waals surface area (Å²) in [6.07, 6.45) is 4.19. The summed E-state index contributed by atoms with van der Waals surface area (Å²) in [6, 6.07) is 7.49. The van der Waals surface area contributed by atoms with Gasteiger partial charge in [0, 0.05) is 30.6 Å². The molecule has 0 saturated carbocycles. The highest BCUT2D eigenvalue weighted by Gasteiger charge is 2.19. The monoisotopic (exact) mass is 450 g/mol. The standard InChI is InChI=1S/C19H23ClN6O3S/c1-4-5-12-21-30(28,29)24-17(27)11-10-14-13(2)22-25(3)19(14)26-16-9-7-6-8-15(16)18(20)23-26/h6-11,21H,4-5,12H2,1-3H3,(H,24,27)/b11-10+. The van der Waals surface area contributed by atoms with Crippen molar-refractivity contribution < 1.29 is 13.2 Å². The number of amides is 1. The molecule has 11 heteroatoms. The largest absolute Gasteiger partial charge is 0.301 e. The van der Waals surface area contributed by atoms with Crippen molar-refractivity contribution in [2.75, 3.05) is 6.54 Å². The van der Waals surface area contributed by atoms with E-state index in [9.17, 15) is 13.2 Å². The van der Waals surface area contributed by atoms with Crippen molar-refractivity contribution in [3.8, 4) is 5.82 Å². The van der Waals surface area contributed by atoms with Gasteiger partial charge in [0.25, 0.3) is 5.91 Å². The minimum atomic E-state index is -3.91. The van der Waals surface area contributed by atoms with Gasteiger partial charge in [0.15, 0.2) is 11.0 Å². The van der Waals surface area contributed by atoms with Crippen LogP contribution in [0.2, 0.25) is 5.15 Å². The number of aryl methyl sites for hydroxylation is 2. The lowest BCUT2D eigenvalue weighted by atomic mass is 10.2. The molecule has 1 amide bonds. The van der Waals surface area contributed by atoms with Gasteiger partial charge in [0.05, 0.1) is 11.2 Å². The van der Waals surface area contributed by atoms with Gasteiger partial charge >= 0.3 is 10.2 Å². The molecule has 3 rings (SSSR count). The van der Waals surface area contributed by atoms with Crippen molar-refractivity contribution >= 4 is 44.7 Å². The maximum absolute atomic E-state index is 12.2. The van der Waals surface area contributed by atoms with E-state index in [0.29, 0.717) is 28.6 Å². The molecule has 0 aliphatic carbocycles. The first-order valence-electron chi connectivity index (χ1n) is 9.40. The second kappa shape index (κ2) is 8.99. The minimum Gasteiger partial charge on any atom is -0.269 e. The summed E-state index contributed by atoms with van der Waals surface area (Å²) in [6.45, 7) is 4.00. The quantitative estimate of drug-likeness (QED) is 0.404. The number of halogens is 1. The number of aromatic nitrogens is 4. The van der Waals surface area contributed by atoms with Crippen LogP contribution in [0.5, 0.6) is 0 Å². The average molecular weight is 451 g/mol. The molecule has 1 aromatic carbocycles. The topological polar surface area (TPSA) is 111 Å². The summed E-state index contributed by atoms with van der Waals surface area (Å²) in [4.78, 5) is 12.2. The van der Waals surface area contributed by atoms with Gasteiger partial charge in [-0.05, 0) is 31.6 Å². The second-order valence-electron chi connectivity index (χ2n) is 6.72. The van der Waals surface area contributed by atoms with Gasteiger partial charge in [-0.15, -0.1) is 0 Å². The SMILES string of the molecule is CCCCNS(=O)(=O)NC(=O)/C=C/c1c(C)nn(C)c1-n1nc(Cl)c2ccccc21. The van der Waals surface area contributed by atoms with Crippen molar-refractivity contribution in [2.45, 2.75) is 26.7 Å². The molecule has 0 fully saturated rings. The lowest BCUT2D eigenvalue weighted by Gasteiger charge is -2.07. The third kappa shape index (κ3) is 4.72. The third-order valence-electron chi connectivity index (χ3n) is 4.44. The Kier molecular flexibility index (Phi) is 6.59. The number of hydrogen-bond donors (Lipinski definition) is 2. The van der Waals surface area contributed by atoms with Crippen LogP contribution in [0, 0.1) is 6.92 Å². The molecule has 0 bridgehead atoms. The predicted octanol–water partition coefficient (Wildman–Crippen LogP) is 2.48. The number of nitrogens with zero attached hydrogens (tertiary/aromatic N) is 4. The highest BCUT2D eigenvalue weighted by Crippen LogP contribution is 2.28. The van der Waals surface area contributed by atoms with E-state index in [1.165, 1.54) is 6.08 Å². The Hall–Kier alpha value is -2.69. The van der Waals surface area contributed by atoms with Crippen LogP contribution >= 0.6 is 11.6 Å². The van der Waals surface area contributed by atoms with Crippen LogP contribution in [0.15, 0.2) is 30.3 Å². The van der Waals surface area contributed by atoms with Crippen molar-refractivity contribution in [3.63, 3.8) is 0 Å². The van der Waals surface area contributed by atoms with E-state index < -0.39 is 16.1 Å². The molecule has 160 valence electrons. The Morgan fingerprint density at radius 2 is 2.00 bits per heavy atom. The van der Waals surface area contributed by atoms with E-state index in [2.05, 4.69) is 14.9 Å². The normalized spacial score (nSPS) is 12.1.